The summed E-state index contributed by atoms with van der Waals surface area (Å²) in [6.07, 6.45) is 17.1. The fraction of sp³-hybridized carbons (Fsp3) is 0.810. The molecule has 0 radical (unpaired) electrons. The number of aliphatic hydroxyl groups excluding tert-OH is 1. The summed E-state index contributed by atoms with van der Waals surface area (Å²) in [5.74, 6) is 2.65. The third kappa shape index (κ3) is 1.94. The maximum atomic E-state index is 9.41. The van der Waals surface area contributed by atoms with Crippen LogP contribution in [0.5, 0.6) is 0 Å². The standard InChI is InChI=1S/C21H32O/c1-20-12-4-3-5-15(20)6-8-17-18-9-7-16(11-14-22)21(18,2)13-10-19(17)20/h6-7,17-19,22H,3-5,8-14H2,1-2H3/t17-,18-,19-,20-,21+/m0/s1. The van der Waals surface area contributed by atoms with E-state index in [1.54, 1.807) is 5.57 Å². The van der Waals surface area contributed by atoms with Gasteiger partial charge in [-0.2, -0.15) is 0 Å². The second-order valence-corrected chi connectivity index (χ2v) is 8.86. The van der Waals surface area contributed by atoms with E-state index in [1.807, 2.05) is 5.57 Å². The third-order valence-corrected chi connectivity index (χ3v) is 8.14. The lowest BCUT2D eigenvalue weighted by Gasteiger charge is -2.57. The molecule has 0 spiro atoms. The molecule has 4 rings (SSSR count). The van der Waals surface area contributed by atoms with Crippen LogP contribution in [0.2, 0.25) is 0 Å². The summed E-state index contributed by atoms with van der Waals surface area (Å²) in [4.78, 5) is 0. The van der Waals surface area contributed by atoms with Crippen LogP contribution in [0, 0.1) is 28.6 Å². The normalized spacial score (nSPS) is 47.1. The summed E-state index contributed by atoms with van der Waals surface area (Å²) >= 11 is 0. The van der Waals surface area contributed by atoms with Gasteiger partial charge in [0.15, 0.2) is 0 Å². The van der Waals surface area contributed by atoms with E-state index in [1.165, 1.54) is 51.4 Å². The predicted octanol–water partition coefficient (Wildman–Crippen LogP) is 5.26. The van der Waals surface area contributed by atoms with E-state index >= 15 is 0 Å². The van der Waals surface area contributed by atoms with Crippen LogP contribution in [0.15, 0.2) is 23.3 Å². The lowest BCUT2D eigenvalue weighted by atomic mass is 9.47. The summed E-state index contributed by atoms with van der Waals surface area (Å²) < 4.78 is 0. The highest BCUT2D eigenvalue weighted by molar-refractivity contribution is 5.29. The molecule has 1 nitrogen and oxygen atoms in total. The first kappa shape index (κ1) is 15.0. The Morgan fingerprint density at radius 1 is 1.05 bits per heavy atom. The lowest BCUT2D eigenvalue weighted by Crippen LogP contribution is -2.49. The van der Waals surface area contributed by atoms with Gasteiger partial charge in [-0.3, -0.25) is 0 Å². The smallest absolute Gasteiger partial charge is 0.0468 e. The minimum Gasteiger partial charge on any atom is -0.396 e. The fourth-order valence-corrected chi connectivity index (χ4v) is 6.86. The molecular formula is C21H32O. The van der Waals surface area contributed by atoms with Gasteiger partial charge >= 0.3 is 0 Å². The Balaban J connectivity index is 1.64. The molecule has 122 valence electrons. The summed E-state index contributed by atoms with van der Waals surface area (Å²) in [5.41, 5.74) is 4.29. The van der Waals surface area contributed by atoms with Gasteiger partial charge in [-0.05, 0) is 80.0 Å². The SMILES string of the molecule is C[C@]12CCCCC1=CC[C@@H]1[C@@H]2CC[C@]2(C)C(CCO)=CC[C@@H]12. The molecule has 0 amide bonds. The van der Waals surface area contributed by atoms with Crippen LogP contribution in [-0.2, 0) is 0 Å². The van der Waals surface area contributed by atoms with Crippen molar-refractivity contribution in [3.05, 3.63) is 23.3 Å². The molecule has 0 aromatic carbocycles. The van der Waals surface area contributed by atoms with Crippen LogP contribution in [0.3, 0.4) is 0 Å². The summed E-state index contributed by atoms with van der Waals surface area (Å²) in [7, 11) is 0. The summed E-state index contributed by atoms with van der Waals surface area (Å²) in [5, 5.41) is 9.41. The molecule has 2 fully saturated rings. The molecule has 4 aliphatic rings. The minimum absolute atomic E-state index is 0.323. The monoisotopic (exact) mass is 300 g/mol. The minimum atomic E-state index is 0.323. The highest BCUT2D eigenvalue weighted by atomic mass is 16.3. The van der Waals surface area contributed by atoms with Gasteiger partial charge in [-0.1, -0.05) is 43.6 Å². The zero-order valence-electron chi connectivity index (χ0n) is 14.4. The molecule has 0 saturated heterocycles. The molecule has 0 aliphatic heterocycles. The maximum Gasteiger partial charge on any atom is 0.0468 e. The molecule has 0 aromatic rings. The number of hydrogen-bond acceptors (Lipinski definition) is 1. The second-order valence-electron chi connectivity index (χ2n) is 8.86. The Kier molecular flexibility index (Phi) is 3.56. The highest BCUT2D eigenvalue weighted by Gasteiger charge is 2.55. The molecule has 4 aliphatic carbocycles. The number of fused-ring (bicyclic) bond motifs is 5. The average Bonchev–Trinajstić information content (AvgIpc) is 2.84. The molecule has 22 heavy (non-hydrogen) atoms. The van der Waals surface area contributed by atoms with Crippen molar-refractivity contribution in [2.45, 2.75) is 71.6 Å². The van der Waals surface area contributed by atoms with Gasteiger partial charge in [-0.15, -0.1) is 0 Å². The van der Waals surface area contributed by atoms with E-state index in [0.29, 0.717) is 17.4 Å². The molecule has 5 atom stereocenters. The second kappa shape index (κ2) is 5.23. The lowest BCUT2D eigenvalue weighted by molar-refractivity contribution is -0.0181. The van der Waals surface area contributed by atoms with Gasteiger partial charge in [0.1, 0.15) is 0 Å². The van der Waals surface area contributed by atoms with Gasteiger partial charge in [-0.25, -0.2) is 0 Å². The van der Waals surface area contributed by atoms with Gasteiger partial charge in [0, 0.05) is 6.61 Å². The number of hydrogen-bond donors (Lipinski definition) is 1. The molecule has 1 N–H and O–H groups in total. The van der Waals surface area contributed by atoms with Crippen LogP contribution in [0.25, 0.3) is 0 Å². The summed E-state index contributed by atoms with van der Waals surface area (Å²) in [6.45, 7) is 5.42. The van der Waals surface area contributed by atoms with E-state index in [0.717, 1.165) is 24.2 Å². The largest absolute Gasteiger partial charge is 0.396 e. The number of allylic oxidation sites excluding steroid dienone is 3. The Morgan fingerprint density at radius 3 is 2.73 bits per heavy atom. The van der Waals surface area contributed by atoms with E-state index in [2.05, 4.69) is 26.0 Å². The van der Waals surface area contributed by atoms with E-state index in [-0.39, 0.29) is 0 Å². The predicted molar refractivity (Wildman–Crippen MR) is 91.5 cm³/mol. The van der Waals surface area contributed by atoms with Crippen molar-refractivity contribution in [2.75, 3.05) is 6.61 Å². The van der Waals surface area contributed by atoms with Crippen molar-refractivity contribution >= 4 is 0 Å². The van der Waals surface area contributed by atoms with Crippen molar-refractivity contribution < 1.29 is 5.11 Å². The van der Waals surface area contributed by atoms with E-state index < -0.39 is 0 Å². The first-order chi connectivity index (χ1) is 10.6. The van der Waals surface area contributed by atoms with Crippen LogP contribution in [0.4, 0.5) is 0 Å². The molecule has 0 bridgehead atoms. The van der Waals surface area contributed by atoms with Crippen molar-refractivity contribution in [2.24, 2.45) is 28.6 Å². The average molecular weight is 300 g/mol. The summed E-state index contributed by atoms with van der Waals surface area (Å²) in [6, 6.07) is 0. The van der Waals surface area contributed by atoms with Crippen molar-refractivity contribution in [1.29, 1.82) is 0 Å². The molecule has 2 saturated carbocycles. The van der Waals surface area contributed by atoms with Crippen molar-refractivity contribution in [3.63, 3.8) is 0 Å². The highest BCUT2D eigenvalue weighted by Crippen LogP contribution is 2.65. The van der Waals surface area contributed by atoms with Crippen LogP contribution in [-0.4, -0.2) is 11.7 Å². The van der Waals surface area contributed by atoms with Gasteiger partial charge < -0.3 is 5.11 Å². The Morgan fingerprint density at radius 2 is 1.91 bits per heavy atom. The van der Waals surface area contributed by atoms with E-state index in [9.17, 15) is 5.11 Å². The van der Waals surface area contributed by atoms with Gasteiger partial charge in [0.25, 0.3) is 0 Å². The van der Waals surface area contributed by atoms with Gasteiger partial charge in [0.05, 0.1) is 0 Å². The topological polar surface area (TPSA) is 20.2 Å². The maximum absolute atomic E-state index is 9.41. The van der Waals surface area contributed by atoms with Crippen molar-refractivity contribution in [3.8, 4) is 0 Å². The quantitative estimate of drug-likeness (QED) is 0.690. The first-order valence-electron chi connectivity index (χ1n) is 9.59. The molecule has 0 heterocycles. The third-order valence-electron chi connectivity index (χ3n) is 8.14. The Hall–Kier alpha value is -0.560. The number of aliphatic hydroxyl groups is 1. The van der Waals surface area contributed by atoms with Crippen LogP contribution >= 0.6 is 0 Å². The van der Waals surface area contributed by atoms with Crippen molar-refractivity contribution in [1.82, 2.24) is 0 Å². The van der Waals surface area contributed by atoms with Crippen LogP contribution < -0.4 is 0 Å². The molecule has 0 unspecified atom stereocenters. The Bertz CT molecular complexity index is 516. The number of rotatable bonds is 2. The fourth-order valence-electron chi connectivity index (χ4n) is 6.86. The molecule has 0 aromatic heterocycles. The van der Waals surface area contributed by atoms with E-state index in [4.69, 9.17) is 0 Å². The molecule has 1 heteroatoms. The zero-order chi connectivity index (χ0) is 15.4. The first-order valence-corrected chi connectivity index (χ1v) is 9.59. The molecular weight excluding hydrogens is 268 g/mol. The Labute approximate surface area is 135 Å². The zero-order valence-corrected chi connectivity index (χ0v) is 14.4. The van der Waals surface area contributed by atoms with Crippen LogP contribution in [0.1, 0.15) is 71.6 Å². The van der Waals surface area contributed by atoms with Gasteiger partial charge in [0.2, 0.25) is 0 Å².